The Hall–Kier alpha value is -1.95. The highest BCUT2D eigenvalue weighted by Crippen LogP contribution is 2.07. The van der Waals surface area contributed by atoms with Gasteiger partial charge in [0.25, 0.3) is 5.91 Å². The Labute approximate surface area is 73.3 Å². The molecule has 0 aromatic carbocycles. The minimum absolute atomic E-state index is 0.372. The fraction of sp³-hybridized carbons (Fsp3) is 0. The number of fused-ring (bicyclic) bond motifs is 1. The first-order valence-corrected chi connectivity index (χ1v) is 3.61. The van der Waals surface area contributed by atoms with Crippen LogP contribution in [0.3, 0.4) is 0 Å². The van der Waals surface area contributed by atoms with E-state index in [1.54, 1.807) is 23.1 Å². The third kappa shape index (κ3) is 1.13. The van der Waals surface area contributed by atoms with E-state index in [9.17, 15) is 4.79 Å². The molecular weight excluding hydrogens is 170 g/mol. The second-order valence-electron chi connectivity index (χ2n) is 2.44. The lowest BCUT2D eigenvalue weighted by molar-refractivity contribution is 0.0955. The number of nitrogens with zero attached hydrogens (tertiary/aromatic N) is 3. The van der Waals surface area contributed by atoms with Crippen LogP contribution in [0.4, 0.5) is 0 Å². The number of amides is 1. The summed E-state index contributed by atoms with van der Waals surface area (Å²) in [5.74, 6) is 4.63. The van der Waals surface area contributed by atoms with Crippen molar-refractivity contribution in [1.29, 1.82) is 0 Å². The number of hydrogen-bond donors (Lipinski definition) is 2. The molecule has 0 saturated heterocycles. The molecule has 2 aromatic heterocycles. The molecule has 2 aromatic rings. The molecule has 0 saturated carbocycles. The largest absolute Gasteiger partial charge is 0.290 e. The van der Waals surface area contributed by atoms with Crippen molar-refractivity contribution in [2.75, 3.05) is 0 Å². The molecule has 0 atom stereocenters. The summed E-state index contributed by atoms with van der Waals surface area (Å²) in [6, 6.07) is 0. The van der Waals surface area contributed by atoms with Crippen LogP contribution in [0, 0.1) is 0 Å². The normalized spacial score (nSPS) is 10.2. The first kappa shape index (κ1) is 7.69. The lowest BCUT2D eigenvalue weighted by Gasteiger charge is -1.95. The van der Waals surface area contributed by atoms with Gasteiger partial charge in [0.05, 0.1) is 23.5 Å². The maximum Gasteiger partial charge on any atom is 0.269 e. The SMILES string of the molecule is NNC(=O)c1cnn2ccncc12. The highest BCUT2D eigenvalue weighted by atomic mass is 16.2. The second-order valence-corrected chi connectivity index (χ2v) is 2.44. The van der Waals surface area contributed by atoms with Crippen LogP contribution in [0.1, 0.15) is 10.4 Å². The Morgan fingerprint density at radius 3 is 3.15 bits per heavy atom. The van der Waals surface area contributed by atoms with Crippen LogP contribution in [0.15, 0.2) is 24.8 Å². The highest BCUT2D eigenvalue weighted by Gasteiger charge is 2.10. The van der Waals surface area contributed by atoms with E-state index in [0.717, 1.165) is 0 Å². The average molecular weight is 177 g/mol. The summed E-state index contributed by atoms with van der Waals surface area (Å²) in [6.07, 6.45) is 6.24. The lowest BCUT2D eigenvalue weighted by atomic mass is 10.3. The van der Waals surface area contributed by atoms with Crippen molar-refractivity contribution in [3.05, 3.63) is 30.4 Å². The Kier molecular flexibility index (Phi) is 1.67. The minimum atomic E-state index is -0.372. The monoisotopic (exact) mass is 177 g/mol. The maximum atomic E-state index is 11.2. The topological polar surface area (TPSA) is 85.3 Å². The van der Waals surface area contributed by atoms with E-state index in [0.29, 0.717) is 11.1 Å². The average Bonchev–Trinajstić information content (AvgIpc) is 2.60. The first-order chi connectivity index (χ1) is 6.33. The smallest absolute Gasteiger partial charge is 0.269 e. The standard InChI is InChI=1S/C7H7N5O/c8-11-7(13)5-3-10-12-2-1-9-4-6(5)12/h1-4H,8H2,(H,11,13). The van der Waals surface area contributed by atoms with Gasteiger partial charge in [-0.1, -0.05) is 0 Å². The molecule has 0 bridgehead atoms. The summed E-state index contributed by atoms with van der Waals surface area (Å²) in [6.45, 7) is 0. The zero-order valence-electron chi connectivity index (χ0n) is 6.64. The van der Waals surface area contributed by atoms with E-state index in [4.69, 9.17) is 5.84 Å². The van der Waals surface area contributed by atoms with Crippen LogP contribution in [-0.2, 0) is 0 Å². The second kappa shape index (κ2) is 2.83. The number of carbonyl (C=O) groups excluding carboxylic acids is 1. The van der Waals surface area contributed by atoms with E-state index < -0.39 is 0 Å². The molecule has 13 heavy (non-hydrogen) atoms. The van der Waals surface area contributed by atoms with Crippen molar-refractivity contribution in [3.63, 3.8) is 0 Å². The van der Waals surface area contributed by atoms with Crippen molar-refractivity contribution < 1.29 is 4.79 Å². The van der Waals surface area contributed by atoms with Crippen LogP contribution in [0.5, 0.6) is 0 Å². The molecular formula is C7H7N5O. The maximum absolute atomic E-state index is 11.2. The zero-order valence-corrected chi connectivity index (χ0v) is 6.64. The molecule has 0 aliphatic rings. The van der Waals surface area contributed by atoms with E-state index >= 15 is 0 Å². The van der Waals surface area contributed by atoms with Crippen LogP contribution in [-0.4, -0.2) is 20.5 Å². The molecule has 66 valence electrons. The quantitative estimate of drug-likeness (QED) is 0.344. The molecule has 0 spiro atoms. The predicted molar refractivity (Wildman–Crippen MR) is 44.6 cm³/mol. The zero-order chi connectivity index (χ0) is 9.26. The third-order valence-electron chi connectivity index (χ3n) is 1.70. The third-order valence-corrected chi connectivity index (χ3v) is 1.70. The van der Waals surface area contributed by atoms with Crippen LogP contribution >= 0.6 is 0 Å². The Morgan fingerprint density at radius 2 is 2.38 bits per heavy atom. The molecule has 6 nitrogen and oxygen atoms in total. The predicted octanol–water partition coefficient (Wildman–Crippen LogP) is -0.667. The van der Waals surface area contributed by atoms with Gasteiger partial charge in [-0.25, -0.2) is 10.4 Å². The molecule has 0 radical (unpaired) electrons. The van der Waals surface area contributed by atoms with Gasteiger partial charge < -0.3 is 0 Å². The van der Waals surface area contributed by atoms with E-state index in [-0.39, 0.29) is 5.91 Å². The van der Waals surface area contributed by atoms with Crippen molar-refractivity contribution in [2.45, 2.75) is 0 Å². The minimum Gasteiger partial charge on any atom is -0.290 e. The Bertz CT molecular complexity index is 449. The first-order valence-electron chi connectivity index (χ1n) is 3.61. The van der Waals surface area contributed by atoms with Gasteiger partial charge in [0.15, 0.2) is 0 Å². The lowest BCUT2D eigenvalue weighted by Crippen LogP contribution is -2.29. The van der Waals surface area contributed by atoms with Gasteiger partial charge in [-0.15, -0.1) is 0 Å². The van der Waals surface area contributed by atoms with Crippen molar-refractivity contribution >= 4 is 11.4 Å². The molecule has 1 amide bonds. The summed E-state index contributed by atoms with van der Waals surface area (Å²) in [5.41, 5.74) is 3.08. The van der Waals surface area contributed by atoms with Crippen molar-refractivity contribution in [3.8, 4) is 0 Å². The number of nitrogens with one attached hydrogen (secondary N) is 1. The molecule has 6 heteroatoms. The van der Waals surface area contributed by atoms with Gasteiger partial charge in [-0.3, -0.25) is 15.2 Å². The van der Waals surface area contributed by atoms with E-state index in [1.807, 2.05) is 5.43 Å². The molecule has 2 rings (SSSR count). The molecule has 2 heterocycles. The van der Waals surface area contributed by atoms with Gasteiger partial charge >= 0.3 is 0 Å². The van der Waals surface area contributed by atoms with Gasteiger partial charge in [-0.05, 0) is 0 Å². The van der Waals surface area contributed by atoms with Crippen LogP contribution in [0.25, 0.3) is 5.52 Å². The number of hydrazine groups is 1. The summed E-state index contributed by atoms with van der Waals surface area (Å²) < 4.78 is 1.55. The van der Waals surface area contributed by atoms with Gasteiger partial charge in [-0.2, -0.15) is 5.10 Å². The van der Waals surface area contributed by atoms with Gasteiger partial charge in [0, 0.05) is 12.4 Å². The van der Waals surface area contributed by atoms with Crippen LogP contribution < -0.4 is 11.3 Å². The Morgan fingerprint density at radius 1 is 1.54 bits per heavy atom. The number of nitrogen functional groups attached to an aromatic ring is 1. The summed E-state index contributed by atoms with van der Waals surface area (Å²) in [5, 5.41) is 3.95. The summed E-state index contributed by atoms with van der Waals surface area (Å²) in [7, 11) is 0. The van der Waals surface area contributed by atoms with Crippen LogP contribution in [0.2, 0.25) is 0 Å². The van der Waals surface area contributed by atoms with Gasteiger partial charge in [0.2, 0.25) is 0 Å². The highest BCUT2D eigenvalue weighted by molar-refractivity contribution is 5.99. The number of hydrogen-bond acceptors (Lipinski definition) is 4. The number of carbonyl (C=O) groups is 1. The van der Waals surface area contributed by atoms with E-state index in [2.05, 4.69) is 10.1 Å². The van der Waals surface area contributed by atoms with E-state index in [1.165, 1.54) is 6.20 Å². The molecule has 3 N–H and O–H groups in total. The molecule has 0 aliphatic heterocycles. The molecule has 0 unspecified atom stereocenters. The number of aromatic nitrogens is 3. The fourth-order valence-corrected chi connectivity index (χ4v) is 1.09. The summed E-state index contributed by atoms with van der Waals surface area (Å²) in [4.78, 5) is 15.1. The fourth-order valence-electron chi connectivity index (χ4n) is 1.09. The van der Waals surface area contributed by atoms with Crippen molar-refractivity contribution in [2.24, 2.45) is 5.84 Å². The number of nitrogens with two attached hydrogens (primary N) is 1. The Balaban J connectivity index is 2.64. The molecule has 0 aliphatic carbocycles. The number of rotatable bonds is 1. The van der Waals surface area contributed by atoms with Gasteiger partial charge in [0.1, 0.15) is 0 Å². The summed E-state index contributed by atoms with van der Waals surface area (Å²) >= 11 is 0. The van der Waals surface area contributed by atoms with Crippen molar-refractivity contribution in [1.82, 2.24) is 20.0 Å². The molecule has 0 fully saturated rings.